The number of sulfone groups is 1. The number of amides is 1. The standard InChI is InChI=1S/C18H16F3NO5S/c1-13-7-9-15(10-8-13)28(25,26)17(12-23,18(19,20)21)22-16(24)27-11-14-5-3-2-4-6-14/h2-10,12H,11H2,1H3,(H,22,24)/t17-/m1/s1. The van der Waals surface area contributed by atoms with Crippen molar-refractivity contribution in [3.8, 4) is 0 Å². The number of alkyl halides is 3. The Kier molecular flexibility index (Phi) is 6.13. The van der Waals surface area contributed by atoms with Crippen molar-refractivity contribution in [1.29, 1.82) is 0 Å². The van der Waals surface area contributed by atoms with Crippen LogP contribution in [-0.2, 0) is 26.0 Å². The lowest BCUT2D eigenvalue weighted by molar-refractivity contribution is -0.169. The maximum absolute atomic E-state index is 13.7. The monoisotopic (exact) mass is 415 g/mol. The molecule has 0 spiro atoms. The molecule has 0 bridgehead atoms. The fraction of sp³-hybridized carbons (Fsp3) is 0.222. The van der Waals surface area contributed by atoms with E-state index in [1.807, 2.05) is 0 Å². The van der Waals surface area contributed by atoms with E-state index in [4.69, 9.17) is 0 Å². The van der Waals surface area contributed by atoms with Gasteiger partial charge in [-0.25, -0.2) is 13.2 Å². The van der Waals surface area contributed by atoms with Gasteiger partial charge in [-0.2, -0.15) is 13.2 Å². The van der Waals surface area contributed by atoms with Gasteiger partial charge >= 0.3 is 17.1 Å². The van der Waals surface area contributed by atoms with Crippen molar-refractivity contribution in [2.45, 2.75) is 29.5 Å². The van der Waals surface area contributed by atoms with E-state index in [1.54, 1.807) is 37.3 Å². The van der Waals surface area contributed by atoms with Gasteiger partial charge in [-0.1, -0.05) is 48.0 Å². The zero-order valence-corrected chi connectivity index (χ0v) is 15.4. The highest BCUT2D eigenvalue weighted by Crippen LogP contribution is 2.37. The fourth-order valence-electron chi connectivity index (χ4n) is 2.26. The Bertz CT molecular complexity index is 943. The minimum absolute atomic E-state index is 0.413. The average Bonchev–Trinajstić information content (AvgIpc) is 2.64. The van der Waals surface area contributed by atoms with Gasteiger partial charge in [-0.05, 0) is 24.6 Å². The molecule has 0 heterocycles. The Morgan fingerprint density at radius 1 is 1.07 bits per heavy atom. The number of nitrogens with one attached hydrogen (secondary N) is 1. The Hall–Kier alpha value is -2.88. The van der Waals surface area contributed by atoms with Crippen molar-refractivity contribution >= 4 is 22.2 Å². The Labute approximate surface area is 159 Å². The number of carbonyl (C=O) groups is 2. The van der Waals surface area contributed by atoms with Crippen molar-refractivity contribution in [3.05, 3.63) is 65.7 Å². The first kappa shape index (κ1) is 21.4. The number of hydrogen-bond donors (Lipinski definition) is 1. The molecule has 6 nitrogen and oxygen atoms in total. The second kappa shape index (κ2) is 8.01. The van der Waals surface area contributed by atoms with E-state index in [2.05, 4.69) is 4.74 Å². The molecule has 0 unspecified atom stereocenters. The van der Waals surface area contributed by atoms with Crippen molar-refractivity contribution in [1.82, 2.24) is 5.32 Å². The van der Waals surface area contributed by atoms with Gasteiger partial charge in [-0.15, -0.1) is 0 Å². The molecule has 1 N–H and O–H groups in total. The third kappa shape index (κ3) is 4.16. The molecule has 2 rings (SSSR count). The fourth-order valence-corrected chi connectivity index (χ4v) is 3.78. The van der Waals surface area contributed by atoms with Crippen LogP contribution in [0.4, 0.5) is 18.0 Å². The third-order valence-electron chi connectivity index (χ3n) is 3.84. The van der Waals surface area contributed by atoms with Gasteiger partial charge in [0, 0.05) is 0 Å². The van der Waals surface area contributed by atoms with E-state index in [0.717, 1.165) is 12.1 Å². The van der Waals surface area contributed by atoms with Crippen LogP contribution in [0.5, 0.6) is 0 Å². The molecule has 0 aliphatic heterocycles. The van der Waals surface area contributed by atoms with Gasteiger partial charge in [0.25, 0.3) is 0 Å². The van der Waals surface area contributed by atoms with E-state index < -0.39 is 44.8 Å². The summed E-state index contributed by atoms with van der Waals surface area (Å²) in [6.07, 6.45) is -8.19. The lowest BCUT2D eigenvalue weighted by Crippen LogP contribution is -2.65. The summed E-state index contributed by atoms with van der Waals surface area (Å²) >= 11 is 0. The summed E-state index contributed by atoms with van der Waals surface area (Å²) in [5.41, 5.74) is 1.06. The van der Waals surface area contributed by atoms with Crippen molar-refractivity contribution < 1.29 is 35.9 Å². The summed E-state index contributed by atoms with van der Waals surface area (Å²) in [5, 5.41) is 1.20. The van der Waals surface area contributed by atoms with Crippen LogP contribution >= 0.6 is 0 Å². The number of ether oxygens (including phenoxy) is 1. The molecule has 10 heteroatoms. The van der Waals surface area contributed by atoms with Crippen LogP contribution < -0.4 is 5.32 Å². The predicted molar refractivity (Wildman–Crippen MR) is 93.0 cm³/mol. The number of carbonyl (C=O) groups excluding carboxylic acids is 2. The maximum Gasteiger partial charge on any atom is 0.433 e. The molecule has 28 heavy (non-hydrogen) atoms. The summed E-state index contributed by atoms with van der Waals surface area (Å²) in [6, 6.07) is 12.4. The predicted octanol–water partition coefficient (Wildman–Crippen LogP) is 3.15. The lowest BCUT2D eigenvalue weighted by Gasteiger charge is -2.30. The molecule has 150 valence electrons. The summed E-state index contributed by atoms with van der Waals surface area (Å²) in [5.74, 6) is 0. The Morgan fingerprint density at radius 3 is 2.14 bits per heavy atom. The molecule has 0 aliphatic carbocycles. The van der Waals surface area contributed by atoms with E-state index in [-0.39, 0.29) is 0 Å². The van der Waals surface area contributed by atoms with Crippen LogP contribution in [0.1, 0.15) is 11.1 Å². The summed E-state index contributed by atoms with van der Waals surface area (Å²) < 4.78 is 71.0. The zero-order valence-electron chi connectivity index (χ0n) is 14.6. The van der Waals surface area contributed by atoms with Crippen LogP contribution in [0.25, 0.3) is 0 Å². The molecule has 0 saturated carbocycles. The average molecular weight is 415 g/mol. The first-order chi connectivity index (χ1) is 13.0. The van der Waals surface area contributed by atoms with Gasteiger partial charge in [0.05, 0.1) is 4.90 Å². The van der Waals surface area contributed by atoms with E-state index in [0.29, 0.717) is 11.1 Å². The van der Waals surface area contributed by atoms with Crippen LogP contribution in [-0.4, -0.2) is 31.8 Å². The molecule has 0 saturated heterocycles. The van der Waals surface area contributed by atoms with E-state index in [1.165, 1.54) is 17.4 Å². The molecule has 0 aliphatic rings. The maximum atomic E-state index is 13.7. The van der Waals surface area contributed by atoms with Crippen molar-refractivity contribution in [2.24, 2.45) is 0 Å². The molecule has 2 aromatic rings. The topological polar surface area (TPSA) is 89.5 Å². The molecular formula is C18H16F3NO5S. The quantitative estimate of drug-likeness (QED) is 0.732. The van der Waals surface area contributed by atoms with E-state index in [9.17, 15) is 31.2 Å². The summed E-state index contributed by atoms with van der Waals surface area (Å²) in [6.45, 7) is 1.19. The molecule has 1 atom stereocenters. The van der Waals surface area contributed by atoms with Gasteiger partial charge in [-0.3, -0.25) is 10.1 Å². The Balaban J connectivity index is 2.36. The van der Waals surface area contributed by atoms with Crippen molar-refractivity contribution in [2.75, 3.05) is 0 Å². The van der Waals surface area contributed by atoms with Crippen LogP contribution in [0.15, 0.2) is 59.5 Å². The minimum atomic E-state index is -5.63. The number of hydrogen-bond acceptors (Lipinski definition) is 5. The highest BCUT2D eigenvalue weighted by molar-refractivity contribution is 7.93. The molecule has 1 amide bonds. The largest absolute Gasteiger partial charge is 0.445 e. The number of aryl methyl sites for hydroxylation is 1. The molecule has 0 fully saturated rings. The van der Waals surface area contributed by atoms with Crippen LogP contribution in [0.3, 0.4) is 0 Å². The summed E-state index contributed by atoms with van der Waals surface area (Å²) in [7, 11) is -5.37. The number of halogens is 3. The second-order valence-corrected chi connectivity index (χ2v) is 7.98. The number of benzene rings is 2. The minimum Gasteiger partial charge on any atom is -0.445 e. The first-order valence-corrected chi connectivity index (χ1v) is 9.35. The number of aldehydes is 1. The van der Waals surface area contributed by atoms with E-state index >= 15 is 0 Å². The highest BCUT2D eigenvalue weighted by Gasteiger charge is 2.66. The van der Waals surface area contributed by atoms with Crippen molar-refractivity contribution in [3.63, 3.8) is 0 Å². The second-order valence-electron chi connectivity index (χ2n) is 5.85. The molecular weight excluding hydrogens is 399 g/mol. The molecule has 2 aromatic carbocycles. The SMILES string of the molecule is Cc1ccc(S(=O)(=O)[C@@](C=O)(NC(=O)OCc2ccccc2)C(F)(F)F)cc1. The van der Waals surface area contributed by atoms with Gasteiger partial charge in [0.2, 0.25) is 9.84 Å². The van der Waals surface area contributed by atoms with Crippen LogP contribution in [0.2, 0.25) is 0 Å². The number of rotatable bonds is 6. The highest BCUT2D eigenvalue weighted by atomic mass is 32.2. The Morgan fingerprint density at radius 2 is 1.64 bits per heavy atom. The number of alkyl carbamates (subject to hydrolysis) is 1. The lowest BCUT2D eigenvalue weighted by atomic mass is 10.2. The smallest absolute Gasteiger partial charge is 0.433 e. The molecule has 0 radical (unpaired) electrons. The van der Waals surface area contributed by atoms with Crippen LogP contribution in [0, 0.1) is 6.92 Å². The van der Waals surface area contributed by atoms with Gasteiger partial charge < -0.3 is 4.74 Å². The first-order valence-electron chi connectivity index (χ1n) is 7.87. The molecule has 0 aromatic heterocycles. The van der Waals surface area contributed by atoms with Gasteiger partial charge in [0.15, 0.2) is 6.29 Å². The summed E-state index contributed by atoms with van der Waals surface area (Å²) in [4.78, 5) is 18.4. The normalized spacial score (nSPS) is 14.0. The van der Waals surface area contributed by atoms with Gasteiger partial charge in [0.1, 0.15) is 6.61 Å². The third-order valence-corrected chi connectivity index (χ3v) is 6.01. The zero-order chi connectivity index (χ0) is 21.0.